The first-order chi connectivity index (χ1) is 15.4. The predicted molar refractivity (Wildman–Crippen MR) is 126 cm³/mol. The number of oxime groups is 2. The van der Waals surface area contributed by atoms with E-state index in [1.54, 1.807) is 67.6 Å². The SMILES string of the molecule is CC(=NO)c1cc(C=NO)cc(-c2nn(-c3c(Cl)cccc3Cl)c(=O)c3ccccc23)c1. The van der Waals surface area contributed by atoms with Crippen molar-refractivity contribution in [2.45, 2.75) is 6.92 Å². The molecule has 32 heavy (non-hydrogen) atoms. The second kappa shape index (κ2) is 8.82. The Morgan fingerprint density at radius 2 is 1.69 bits per heavy atom. The maximum Gasteiger partial charge on any atom is 0.279 e. The van der Waals surface area contributed by atoms with E-state index >= 15 is 0 Å². The molecule has 0 atom stereocenters. The minimum atomic E-state index is -0.374. The third-order valence-electron chi connectivity index (χ3n) is 4.96. The van der Waals surface area contributed by atoms with Crippen LogP contribution in [0.1, 0.15) is 18.1 Å². The number of aromatic nitrogens is 2. The van der Waals surface area contributed by atoms with Gasteiger partial charge in [-0.15, -0.1) is 0 Å². The smallest absolute Gasteiger partial charge is 0.279 e. The van der Waals surface area contributed by atoms with Crippen molar-refractivity contribution in [3.63, 3.8) is 0 Å². The largest absolute Gasteiger partial charge is 0.411 e. The van der Waals surface area contributed by atoms with Crippen LogP contribution >= 0.6 is 23.2 Å². The van der Waals surface area contributed by atoms with Crippen LogP contribution in [0, 0.1) is 0 Å². The molecule has 0 aliphatic heterocycles. The maximum atomic E-state index is 13.3. The van der Waals surface area contributed by atoms with Crippen molar-refractivity contribution in [1.82, 2.24) is 9.78 Å². The van der Waals surface area contributed by atoms with Crippen LogP contribution < -0.4 is 5.56 Å². The molecule has 160 valence electrons. The summed E-state index contributed by atoms with van der Waals surface area (Å²) in [4.78, 5) is 13.3. The van der Waals surface area contributed by atoms with Crippen molar-refractivity contribution in [3.8, 4) is 16.9 Å². The van der Waals surface area contributed by atoms with Gasteiger partial charge in [-0.1, -0.05) is 57.8 Å². The molecular formula is C23H16Cl2N4O3. The summed E-state index contributed by atoms with van der Waals surface area (Å²) in [5.74, 6) is 0. The van der Waals surface area contributed by atoms with Crippen LogP contribution in [0.25, 0.3) is 27.7 Å². The summed E-state index contributed by atoms with van der Waals surface area (Å²) < 4.78 is 1.18. The van der Waals surface area contributed by atoms with Crippen LogP contribution in [-0.2, 0) is 0 Å². The van der Waals surface area contributed by atoms with Crippen LogP contribution in [0.2, 0.25) is 10.0 Å². The highest BCUT2D eigenvalue weighted by molar-refractivity contribution is 6.37. The fraction of sp³-hybridized carbons (Fsp3) is 0.0435. The number of nitrogens with zero attached hydrogens (tertiary/aromatic N) is 4. The molecule has 0 bridgehead atoms. The van der Waals surface area contributed by atoms with Crippen LogP contribution in [0.4, 0.5) is 0 Å². The number of fused-ring (bicyclic) bond motifs is 1. The van der Waals surface area contributed by atoms with Crippen molar-refractivity contribution < 1.29 is 10.4 Å². The van der Waals surface area contributed by atoms with E-state index in [2.05, 4.69) is 15.4 Å². The Bertz CT molecular complexity index is 1440. The molecule has 3 aromatic carbocycles. The quantitative estimate of drug-likeness (QED) is 0.240. The third kappa shape index (κ3) is 3.84. The predicted octanol–water partition coefficient (Wildman–Crippen LogP) is 5.37. The molecule has 1 aromatic heterocycles. The van der Waals surface area contributed by atoms with Gasteiger partial charge >= 0.3 is 0 Å². The lowest BCUT2D eigenvalue weighted by Gasteiger charge is -2.14. The Hall–Kier alpha value is -3.68. The standard InChI is InChI=1S/C23H16Cl2N4O3/c1-13(28-32)15-9-14(12-26-31)10-16(11-15)21-17-5-2-3-6-18(17)23(30)29(27-21)22-19(24)7-4-8-20(22)25/h2-12,31-32H,1H3. The van der Waals surface area contributed by atoms with Gasteiger partial charge in [-0.25, -0.2) is 0 Å². The Morgan fingerprint density at radius 1 is 1.00 bits per heavy atom. The Kier molecular flexibility index (Phi) is 5.94. The van der Waals surface area contributed by atoms with Gasteiger partial charge in [0.15, 0.2) is 0 Å². The molecule has 4 aromatic rings. The van der Waals surface area contributed by atoms with Crippen molar-refractivity contribution in [2.24, 2.45) is 10.3 Å². The molecule has 0 saturated heterocycles. The van der Waals surface area contributed by atoms with Crippen molar-refractivity contribution in [2.75, 3.05) is 0 Å². The van der Waals surface area contributed by atoms with E-state index in [-0.39, 0.29) is 21.3 Å². The zero-order valence-corrected chi connectivity index (χ0v) is 18.2. The summed E-state index contributed by atoms with van der Waals surface area (Å²) in [6.45, 7) is 1.63. The Morgan fingerprint density at radius 3 is 2.34 bits per heavy atom. The highest BCUT2D eigenvalue weighted by atomic mass is 35.5. The van der Waals surface area contributed by atoms with Crippen molar-refractivity contribution >= 4 is 45.9 Å². The van der Waals surface area contributed by atoms with E-state index < -0.39 is 0 Å². The number of halogens is 2. The molecule has 0 amide bonds. The summed E-state index contributed by atoms with van der Waals surface area (Å²) >= 11 is 12.7. The minimum Gasteiger partial charge on any atom is -0.411 e. The van der Waals surface area contributed by atoms with E-state index in [9.17, 15) is 10.0 Å². The third-order valence-corrected chi connectivity index (χ3v) is 5.57. The number of para-hydroxylation sites is 1. The summed E-state index contributed by atoms with van der Waals surface area (Å²) in [6.07, 6.45) is 1.25. The first-order valence-electron chi connectivity index (χ1n) is 9.43. The monoisotopic (exact) mass is 466 g/mol. The van der Waals surface area contributed by atoms with Gasteiger partial charge in [0.2, 0.25) is 0 Å². The molecule has 0 radical (unpaired) electrons. The molecule has 9 heteroatoms. The highest BCUT2D eigenvalue weighted by Gasteiger charge is 2.18. The van der Waals surface area contributed by atoms with Gasteiger partial charge < -0.3 is 10.4 Å². The van der Waals surface area contributed by atoms with Gasteiger partial charge in [0.1, 0.15) is 5.69 Å². The first kappa shape index (κ1) is 21.5. The fourth-order valence-electron chi connectivity index (χ4n) is 3.44. The summed E-state index contributed by atoms with van der Waals surface area (Å²) in [5, 5.41) is 30.8. The maximum absolute atomic E-state index is 13.3. The topological polar surface area (TPSA) is 100 Å². The van der Waals surface area contributed by atoms with Gasteiger partial charge in [-0.3, -0.25) is 4.79 Å². The molecule has 0 saturated carbocycles. The zero-order chi connectivity index (χ0) is 22.8. The van der Waals surface area contributed by atoms with Crippen LogP contribution in [0.5, 0.6) is 0 Å². The Balaban J connectivity index is 2.12. The zero-order valence-electron chi connectivity index (χ0n) is 16.7. The lowest BCUT2D eigenvalue weighted by molar-refractivity contribution is 0.319. The lowest BCUT2D eigenvalue weighted by Crippen LogP contribution is -2.23. The fourth-order valence-corrected chi connectivity index (χ4v) is 4.00. The second-order valence-electron chi connectivity index (χ2n) is 6.96. The number of hydrogen-bond donors (Lipinski definition) is 2. The van der Waals surface area contributed by atoms with E-state index in [4.69, 9.17) is 28.4 Å². The normalized spacial score (nSPS) is 12.0. The number of hydrogen-bond acceptors (Lipinski definition) is 6. The second-order valence-corrected chi connectivity index (χ2v) is 7.77. The molecular weight excluding hydrogens is 451 g/mol. The summed E-state index contributed by atoms with van der Waals surface area (Å²) in [6, 6.07) is 17.2. The molecule has 4 rings (SSSR count). The van der Waals surface area contributed by atoms with E-state index in [1.165, 1.54) is 10.9 Å². The molecule has 0 unspecified atom stereocenters. The summed E-state index contributed by atoms with van der Waals surface area (Å²) in [7, 11) is 0. The molecule has 2 N–H and O–H groups in total. The summed E-state index contributed by atoms with van der Waals surface area (Å²) in [5.41, 5.74) is 2.45. The molecule has 1 heterocycles. The minimum absolute atomic E-state index is 0.272. The van der Waals surface area contributed by atoms with Crippen molar-refractivity contribution in [1.29, 1.82) is 0 Å². The molecule has 0 aliphatic rings. The first-order valence-corrected chi connectivity index (χ1v) is 10.2. The van der Waals surface area contributed by atoms with Crippen molar-refractivity contribution in [3.05, 3.63) is 92.2 Å². The van der Waals surface area contributed by atoms with E-state index in [0.29, 0.717) is 38.9 Å². The number of benzene rings is 3. The van der Waals surface area contributed by atoms with E-state index in [1.807, 2.05) is 0 Å². The molecule has 0 aliphatic carbocycles. The van der Waals surface area contributed by atoms with Gasteiger partial charge in [0, 0.05) is 16.5 Å². The Labute approximate surface area is 192 Å². The van der Waals surface area contributed by atoms with Crippen LogP contribution in [0.15, 0.2) is 75.8 Å². The highest BCUT2D eigenvalue weighted by Crippen LogP contribution is 2.31. The van der Waals surface area contributed by atoms with Crippen LogP contribution in [-0.4, -0.2) is 32.1 Å². The average Bonchev–Trinajstić information content (AvgIpc) is 2.80. The van der Waals surface area contributed by atoms with Gasteiger partial charge in [-0.05, 0) is 48.9 Å². The van der Waals surface area contributed by atoms with E-state index in [0.717, 1.165) is 0 Å². The lowest BCUT2D eigenvalue weighted by atomic mass is 9.98. The average molecular weight is 467 g/mol. The van der Waals surface area contributed by atoms with Gasteiger partial charge in [0.05, 0.1) is 33.1 Å². The molecule has 0 spiro atoms. The van der Waals surface area contributed by atoms with Gasteiger partial charge in [0.25, 0.3) is 5.56 Å². The van der Waals surface area contributed by atoms with Gasteiger partial charge in [-0.2, -0.15) is 9.78 Å². The number of rotatable bonds is 4. The molecule has 7 nitrogen and oxygen atoms in total. The van der Waals surface area contributed by atoms with Crippen LogP contribution in [0.3, 0.4) is 0 Å². The molecule has 0 fully saturated rings.